The Bertz CT molecular complexity index is 1300. The van der Waals surface area contributed by atoms with Crippen molar-refractivity contribution in [1.29, 1.82) is 0 Å². The van der Waals surface area contributed by atoms with E-state index >= 15 is 0 Å². The van der Waals surface area contributed by atoms with Crippen LogP contribution in [0.3, 0.4) is 0 Å². The highest BCUT2D eigenvalue weighted by Gasteiger charge is 2.27. The van der Waals surface area contributed by atoms with Gasteiger partial charge in [-0.15, -0.1) is 0 Å². The first-order chi connectivity index (χ1) is 16.6. The van der Waals surface area contributed by atoms with Gasteiger partial charge in [-0.25, -0.2) is 8.42 Å². The molecule has 0 spiro atoms. The van der Waals surface area contributed by atoms with Gasteiger partial charge in [0.05, 0.1) is 21.8 Å². The average Bonchev–Trinajstić information content (AvgIpc) is 2.81. The maximum atomic E-state index is 13.5. The molecule has 0 bridgehead atoms. The van der Waals surface area contributed by atoms with E-state index < -0.39 is 22.5 Å². The van der Waals surface area contributed by atoms with E-state index in [1.807, 2.05) is 33.8 Å². The monoisotopic (exact) mass is 493 g/mol. The Hall–Kier alpha value is -3.65. The average molecular weight is 494 g/mol. The van der Waals surface area contributed by atoms with Crippen molar-refractivity contribution in [2.24, 2.45) is 5.92 Å². The van der Waals surface area contributed by atoms with E-state index in [4.69, 9.17) is 0 Å². The van der Waals surface area contributed by atoms with Crippen molar-refractivity contribution in [2.45, 2.75) is 32.6 Å². The predicted octanol–water partition coefficient (Wildman–Crippen LogP) is 4.52. The van der Waals surface area contributed by atoms with E-state index in [0.29, 0.717) is 23.5 Å². The number of anilines is 2. The van der Waals surface area contributed by atoms with E-state index in [2.05, 4.69) is 10.6 Å². The van der Waals surface area contributed by atoms with E-state index in [1.54, 1.807) is 54.6 Å². The van der Waals surface area contributed by atoms with Gasteiger partial charge in [-0.1, -0.05) is 55.8 Å². The lowest BCUT2D eigenvalue weighted by molar-refractivity contribution is -0.114. The Morgan fingerprint density at radius 2 is 1.57 bits per heavy atom. The Kier molecular flexibility index (Phi) is 8.30. The van der Waals surface area contributed by atoms with Gasteiger partial charge >= 0.3 is 0 Å². The van der Waals surface area contributed by atoms with Crippen molar-refractivity contribution in [1.82, 2.24) is 5.32 Å². The number of hydrogen-bond donors (Lipinski definition) is 2. The first-order valence-corrected chi connectivity index (χ1v) is 12.8. The second kappa shape index (κ2) is 11.2. The molecule has 3 aromatic rings. The number of para-hydroxylation sites is 1. The van der Waals surface area contributed by atoms with Crippen LogP contribution in [-0.2, 0) is 14.8 Å². The third-order valence-electron chi connectivity index (χ3n) is 5.30. The number of rotatable bonds is 9. The molecule has 0 fully saturated rings. The SMILES string of the molecule is Cc1ccc(S(=O)(=O)N(CC(=O)Nc2ccccc2C(=O)NCC(C)C)c2cccc(C)c2)cc1. The van der Waals surface area contributed by atoms with Gasteiger partial charge in [-0.05, 0) is 61.7 Å². The zero-order valence-corrected chi connectivity index (χ0v) is 21.2. The molecule has 0 atom stereocenters. The quantitative estimate of drug-likeness (QED) is 0.458. The molecule has 0 radical (unpaired) electrons. The van der Waals surface area contributed by atoms with Crippen LogP contribution < -0.4 is 14.9 Å². The van der Waals surface area contributed by atoms with Crippen molar-refractivity contribution in [3.05, 3.63) is 89.5 Å². The van der Waals surface area contributed by atoms with Crippen LogP contribution in [0.1, 0.15) is 35.3 Å². The highest BCUT2D eigenvalue weighted by atomic mass is 32.2. The molecule has 184 valence electrons. The van der Waals surface area contributed by atoms with Gasteiger partial charge in [0.15, 0.2) is 0 Å². The molecule has 3 aromatic carbocycles. The first kappa shape index (κ1) is 26.0. The molecule has 0 unspecified atom stereocenters. The third-order valence-corrected chi connectivity index (χ3v) is 7.09. The predicted molar refractivity (Wildman–Crippen MR) is 139 cm³/mol. The van der Waals surface area contributed by atoms with Crippen molar-refractivity contribution < 1.29 is 18.0 Å². The summed E-state index contributed by atoms with van der Waals surface area (Å²) in [6, 6.07) is 20.1. The molecule has 2 amide bonds. The van der Waals surface area contributed by atoms with Gasteiger partial charge in [-0.2, -0.15) is 0 Å². The van der Waals surface area contributed by atoms with Crippen LogP contribution in [0.15, 0.2) is 77.7 Å². The van der Waals surface area contributed by atoms with Crippen LogP contribution in [0.4, 0.5) is 11.4 Å². The van der Waals surface area contributed by atoms with Gasteiger partial charge in [0.1, 0.15) is 6.54 Å². The van der Waals surface area contributed by atoms with Gasteiger partial charge in [-0.3, -0.25) is 13.9 Å². The fourth-order valence-electron chi connectivity index (χ4n) is 3.44. The van der Waals surface area contributed by atoms with Crippen molar-refractivity contribution in [3.8, 4) is 0 Å². The number of carbonyl (C=O) groups is 2. The molecule has 3 rings (SSSR count). The molecule has 35 heavy (non-hydrogen) atoms. The Morgan fingerprint density at radius 3 is 2.23 bits per heavy atom. The number of carbonyl (C=O) groups excluding carboxylic acids is 2. The first-order valence-electron chi connectivity index (χ1n) is 11.4. The standard InChI is InChI=1S/C27H31N3O4S/c1-19(2)17-28-27(32)24-10-5-6-11-25(24)29-26(31)18-30(22-9-7-8-21(4)16-22)35(33,34)23-14-12-20(3)13-15-23/h5-16,19H,17-18H2,1-4H3,(H,28,32)(H,29,31). The Labute approximate surface area is 207 Å². The molecule has 7 nitrogen and oxygen atoms in total. The van der Waals surface area contributed by atoms with E-state index in [0.717, 1.165) is 15.4 Å². The second-order valence-electron chi connectivity index (χ2n) is 8.86. The molecule has 0 aliphatic heterocycles. The maximum absolute atomic E-state index is 13.5. The van der Waals surface area contributed by atoms with Crippen molar-refractivity contribution in [3.63, 3.8) is 0 Å². The largest absolute Gasteiger partial charge is 0.352 e. The van der Waals surface area contributed by atoms with Crippen LogP contribution >= 0.6 is 0 Å². The highest BCUT2D eigenvalue weighted by Crippen LogP contribution is 2.25. The summed E-state index contributed by atoms with van der Waals surface area (Å²) in [6.45, 7) is 7.74. The second-order valence-corrected chi connectivity index (χ2v) is 10.7. The molecule has 0 saturated carbocycles. The number of nitrogens with zero attached hydrogens (tertiary/aromatic N) is 1. The van der Waals surface area contributed by atoms with Crippen LogP contribution in [0.5, 0.6) is 0 Å². The highest BCUT2D eigenvalue weighted by molar-refractivity contribution is 7.92. The van der Waals surface area contributed by atoms with Crippen LogP contribution in [0, 0.1) is 19.8 Å². The van der Waals surface area contributed by atoms with Crippen molar-refractivity contribution >= 4 is 33.2 Å². The zero-order valence-electron chi connectivity index (χ0n) is 20.4. The van der Waals surface area contributed by atoms with Gasteiger partial charge in [0, 0.05) is 6.54 Å². The van der Waals surface area contributed by atoms with E-state index in [9.17, 15) is 18.0 Å². The van der Waals surface area contributed by atoms with Crippen LogP contribution in [0.2, 0.25) is 0 Å². The number of sulfonamides is 1. The number of amides is 2. The summed E-state index contributed by atoms with van der Waals surface area (Å²) in [5, 5.41) is 5.56. The number of hydrogen-bond acceptors (Lipinski definition) is 4. The van der Waals surface area contributed by atoms with Crippen molar-refractivity contribution in [2.75, 3.05) is 22.7 Å². The molecule has 0 aromatic heterocycles. The summed E-state index contributed by atoms with van der Waals surface area (Å²) in [5.74, 6) is -0.598. The molecule has 0 saturated heterocycles. The molecular formula is C27H31N3O4S. The summed E-state index contributed by atoms with van der Waals surface area (Å²) >= 11 is 0. The molecule has 8 heteroatoms. The van der Waals surface area contributed by atoms with Crippen LogP contribution in [0.25, 0.3) is 0 Å². The lowest BCUT2D eigenvalue weighted by Gasteiger charge is -2.24. The van der Waals surface area contributed by atoms with Crippen LogP contribution in [-0.4, -0.2) is 33.3 Å². The van der Waals surface area contributed by atoms with Gasteiger partial charge < -0.3 is 10.6 Å². The molecule has 0 aliphatic carbocycles. The minimum atomic E-state index is -4.03. The number of aryl methyl sites for hydroxylation is 2. The maximum Gasteiger partial charge on any atom is 0.264 e. The van der Waals surface area contributed by atoms with E-state index in [1.165, 1.54) is 12.1 Å². The summed E-state index contributed by atoms with van der Waals surface area (Å²) in [4.78, 5) is 25.8. The fourth-order valence-corrected chi connectivity index (χ4v) is 4.85. The Balaban J connectivity index is 1.90. The lowest BCUT2D eigenvalue weighted by Crippen LogP contribution is -2.38. The Morgan fingerprint density at radius 1 is 0.886 bits per heavy atom. The fraction of sp³-hybridized carbons (Fsp3) is 0.259. The zero-order chi connectivity index (χ0) is 25.6. The number of benzene rings is 3. The topological polar surface area (TPSA) is 95.6 Å². The normalized spacial score (nSPS) is 11.2. The van der Waals surface area contributed by atoms with Gasteiger partial charge in [0.2, 0.25) is 5.91 Å². The molecular weight excluding hydrogens is 462 g/mol. The summed E-state index contributed by atoms with van der Waals surface area (Å²) in [5.41, 5.74) is 2.79. The molecule has 2 N–H and O–H groups in total. The van der Waals surface area contributed by atoms with E-state index in [-0.39, 0.29) is 16.7 Å². The summed E-state index contributed by atoms with van der Waals surface area (Å²) in [7, 11) is -4.03. The number of nitrogens with one attached hydrogen (secondary N) is 2. The smallest absolute Gasteiger partial charge is 0.264 e. The minimum absolute atomic E-state index is 0.0888. The molecule has 0 heterocycles. The van der Waals surface area contributed by atoms with Gasteiger partial charge in [0.25, 0.3) is 15.9 Å². The lowest BCUT2D eigenvalue weighted by atomic mass is 10.1. The minimum Gasteiger partial charge on any atom is -0.352 e. The molecule has 0 aliphatic rings. The summed E-state index contributed by atoms with van der Waals surface area (Å²) in [6.07, 6.45) is 0. The third kappa shape index (κ3) is 6.70. The summed E-state index contributed by atoms with van der Waals surface area (Å²) < 4.78 is 28.2.